The summed E-state index contributed by atoms with van der Waals surface area (Å²) < 4.78 is 0. The minimum Gasteiger partial charge on any atom is -0.393 e. The van der Waals surface area contributed by atoms with E-state index < -0.39 is 0 Å². The third-order valence-corrected chi connectivity index (χ3v) is 2.11. The van der Waals surface area contributed by atoms with E-state index in [9.17, 15) is 0 Å². The highest BCUT2D eigenvalue weighted by Crippen LogP contribution is 2.17. The second-order valence-corrected chi connectivity index (χ2v) is 3.12. The number of nitrogens with two attached hydrogens (primary N) is 1. The summed E-state index contributed by atoms with van der Waals surface area (Å²) in [5, 5.41) is 9.07. The normalized spacial score (nSPS) is 15.3. The molecule has 62 valence electrons. The van der Waals surface area contributed by atoms with Gasteiger partial charge in [0.25, 0.3) is 0 Å². The molecule has 0 rings (SSSR count). The Labute approximate surface area is 63.4 Å². The Balaban J connectivity index is 3.80. The van der Waals surface area contributed by atoms with Crippen LogP contribution in [0.5, 0.6) is 0 Å². The van der Waals surface area contributed by atoms with E-state index in [4.69, 9.17) is 10.8 Å². The van der Waals surface area contributed by atoms with E-state index in [1.165, 1.54) is 0 Å². The fraction of sp³-hybridized carbons (Fsp3) is 1.00. The highest BCUT2D eigenvalue weighted by atomic mass is 16.3. The molecule has 0 aliphatic rings. The van der Waals surface area contributed by atoms with E-state index in [1.807, 2.05) is 0 Å². The molecule has 0 aromatic heterocycles. The summed E-state index contributed by atoms with van der Waals surface area (Å²) in [5.74, 6) is 0. The van der Waals surface area contributed by atoms with Crippen molar-refractivity contribution in [1.82, 2.24) is 0 Å². The zero-order chi connectivity index (χ0) is 8.20. The average Bonchev–Trinajstić information content (AvgIpc) is 1.87. The number of rotatable bonds is 4. The molecular weight excluding hydrogens is 126 g/mol. The van der Waals surface area contributed by atoms with Gasteiger partial charge >= 0.3 is 0 Å². The lowest BCUT2D eigenvalue weighted by molar-refractivity contribution is 0.144. The second kappa shape index (κ2) is 3.94. The molecule has 3 N–H and O–H groups in total. The van der Waals surface area contributed by atoms with Crippen LogP contribution in [0.4, 0.5) is 0 Å². The van der Waals surface area contributed by atoms with Crippen molar-refractivity contribution in [2.75, 3.05) is 0 Å². The molecule has 0 radical (unpaired) electrons. The summed E-state index contributed by atoms with van der Waals surface area (Å²) in [6.45, 7) is 5.91. The molecule has 0 saturated carbocycles. The van der Waals surface area contributed by atoms with E-state index in [-0.39, 0.29) is 11.6 Å². The summed E-state index contributed by atoms with van der Waals surface area (Å²) in [6.07, 6.45) is 2.31. The molecule has 0 saturated heterocycles. The molecular formula is C8H19NO. The summed E-state index contributed by atoms with van der Waals surface area (Å²) in [7, 11) is 0. The standard InChI is InChI=1S/C8H19NO/c1-4-8(9,5-2)6-7(3)10/h7,10H,4-6,9H2,1-3H3. The number of hydrogen-bond acceptors (Lipinski definition) is 2. The van der Waals surface area contributed by atoms with Crippen LogP contribution in [-0.2, 0) is 0 Å². The smallest absolute Gasteiger partial charge is 0.0529 e. The van der Waals surface area contributed by atoms with Gasteiger partial charge in [-0.2, -0.15) is 0 Å². The van der Waals surface area contributed by atoms with Crippen molar-refractivity contribution in [2.45, 2.75) is 51.7 Å². The Hall–Kier alpha value is -0.0800. The van der Waals surface area contributed by atoms with Crippen LogP contribution < -0.4 is 5.73 Å². The molecule has 0 heterocycles. The summed E-state index contributed by atoms with van der Waals surface area (Å²) in [5.41, 5.74) is 5.79. The van der Waals surface area contributed by atoms with Crippen molar-refractivity contribution < 1.29 is 5.11 Å². The molecule has 0 aromatic rings. The first kappa shape index (κ1) is 9.92. The van der Waals surface area contributed by atoms with Crippen molar-refractivity contribution >= 4 is 0 Å². The zero-order valence-electron chi connectivity index (χ0n) is 7.22. The molecule has 0 aliphatic heterocycles. The van der Waals surface area contributed by atoms with Gasteiger partial charge in [-0.3, -0.25) is 0 Å². The van der Waals surface area contributed by atoms with Crippen LogP contribution in [0.25, 0.3) is 0 Å². The first-order valence-corrected chi connectivity index (χ1v) is 4.01. The van der Waals surface area contributed by atoms with Gasteiger partial charge in [0.2, 0.25) is 0 Å². The lowest BCUT2D eigenvalue weighted by atomic mass is 9.88. The molecule has 2 heteroatoms. The highest BCUT2D eigenvalue weighted by molar-refractivity contribution is 4.82. The molecule has 0 bridgehead atoms. The fourth-order valence-electron chi connectivity index (χ4n) is 1.13. The topological polar surface area (TPSA) is 46.2 Å². The SMILES string of the molecule is CCC(N)(CC)CC(C)O. The number of aliphatic hydroxyl groups is 1. The van der Waals surface area contributed by atoms with Crippen LogP contribution in [0.2, 0.25) is 0 Å². The molecule has 0 amide bonds. The highest BCUT2D eigenvalue weighted by Gasteiger charge is 2.21. The Morgan fingerprint density at radius 3 is 1.90 bits per heavy atom. The zero-order valence-corrected chi connectivity index (χ0v) is 7.22. The lowest BCUT2D eigenvalue weighted by Crippen LogP contribution is -2.41. The summed E-state index contributed by atoms with van der Waals surface area (Å²) in [4.78, 5) is 0. The van der Waals surface area contributed by atoms with Crippen molar-refractivity contribution in [3.05, 3.63) is 0 Å². The van der Waals surface area contributed by atoms with E-state index >= 15 is 0 Å². The number of hydrogen-bond donors (Lipinski definition) is 2. The van der Waals surface area contributed by atoms with Crippen LogP contribution in [0.3, 0.4) is 0 Å². The third-order valence-electron chi connectivity index (χ3n) is 2.11. The van der Waals surface area contributed by atoms with Crippen molar-refractivity contribution in [3.8, 4) is 0 Å². The molecule has 0 spiro atoms. The van der Waals surface area contributed by atoms with Crippen LogP contribution >= 0.6 is 0 Å². The first-order valence-electron chi connectivity index (χ1n) is 4.01. The Kier molecular flexibility index (Phi) is 3.91. The van der Waals surface area contributed by atoms with Crippen LogP contribution in [-0.4, -0.2) is 16.7 Å². The molecule has 0 aliphatic carbocycles. The lowest BCUT2D eigenvalue weighted by Gasteiger charge is -2.27. The largest absolute Gasteiger partial charge is 0.393 e. The van der Waals surface area contributed by atoms with E-state index in [0.29, 0.717) is 6.42 Å². The molecule has 0 aromatic carbocycles. The van der Waals surface area contributed by atoms with Gasteiger partial charge in [0.1, 0.15) is 0 Å². The fourth-order valence-corrected chi connectivity index (χ4v) is 1.13. The van der Waals surface area contributed by atoms with E-state index in [1.54, 1.807) is 6.92 Å². The van der Waals surface area contributed by atoms with Gasteiger partial charge in [-0.05, 0) is 26.2 Å². The maximum absolute atomic E-state index is 9.07. The molecule has 0 fully saturated rings. The maximum Gasteiger partial charge on any atom is 0.0529 e. The van der Waals surface area contributed by atoms with Crippen molar-refractivity contribution in [2.24, 2.45) is 5.73 Å². The molecule has 1 unspecified atom stereocenters. The Morgan fingerprint density at radius 1 is 1.40 bits per heavy atom. The number of aliphatic hydroxyl groups excluding tert-OH is 1. The quantitative estimate of drug-likeness (QED) is 0.626. The predicted molar refractivity (Wildman–Crippen MR) is 43.8 cm³/mol. The van der Waals surface area contributed by atoms with Crippen LogP contribution in [0.1, 0.15) is 40.0 Å². The Bertz CT molecular complexity index is 87.3. The summed E-state index contributed by atoms with van der Waals surface area (Å²) >= 11 is 0. The monoisotopic (exact) mass is 145 g/mol. The van der Waals surface area contributed by atoms with E-state index in [2.05, 4.69) is 13.8 Å². The van der Waals surface area contributed by atoms with Gasteiger partial charge in [-0.15, -0.1) is 0 Å². The minimum atomic E-state index is -0.273. The second-order valence-electron chi connectivity index (χ2n) is 3.12. The van der Waals surface area contributed by atoms with Crippen LogP contribution in [0.15, 0.2) is 0 Å². The third kappa shape index (κ3) is 3.18. The maximum atomic E-state index is 9.07. The van der Waals surface area contributed by atoms with Gasteiger partial charge in [-0.1, -0.05) is 13.8 Å². The first-order chi connectivity index (χ1) is 4.54. The molecule has 1 atom stereocenters. The van der Waals surface area contributed by atoms with Gasteiger partial charge in [-0.25, -0.2) is 0 Å². The van der Waals surface area contributed by atoms with Gasteiger partial charge in [0.05, 0.1) is 6.10 Å². The molecule has 10 heavy (non-hydrogen) atoms. The molecule has 2 nitrogen and oxygen atoms in total. The predicted octanol–water partition coefficient (Wildman–Crippen LogP) is 1.27. The minimum absolute atomic E-state index is 0.145. The van der Waals surface area contributed by atoms with Gasteiger partial charge < -0.3 is 10.8 Å². The van der Waals surface area contributed by atoms with Gasteiger partial charge in [0, 0.05) is 5.54 Å². The van der Waals surface area contributed by atoms with Crippen molar-refractivity contribution in [1.29, 1.82) is 0 Å². The van der Waals surface area contributed by atoms with Crippen LogP contribution in [0, 0.1) is 0 Å². The van der Waals surface area contributed by atoms with E-state index in [0.717, 1.165) is 12.8 Å². The average molecular weight is 145 g/mol. The Morgan fingerprint density at radius 2 is 1.80 bits per heavy atom. The van der Waals surface area contributed by atoms with Crippen molar-refractivity contribution in [3.63, 3.8) is 0 Å². The summed E-state index contributed by atoms with van der Waals surface area (Å²) in [6, 6.07) is 0. The van der Waals surface area contributed by atoms with Gasteiger partial charge in [0.15, 0.2) is 0 Å².